The molecule has 4 saturated heterocycles. The van der Waals surface area contributed by atoms with Crippen LogP contribution in [0.3, 0.4) is 0 Å². The lowest BCUT2D eigenvalue weighted by atomic mass is 10.1. The SMILES string of the molecule is O=c1ccn([C@@H]2O[C@](F)(COP(=O)(O)O)[C@@H](O)[C@H]2O)c(=S)[nH]1.[2H]C([2H])(OP(=O)(O)O)[C@@]1(F)O[C@@H](n2ccc(=O)[nH]c2=S)[C@H](O)[C@@H]1O.[2H]C([2H])(OP(=O)(O)O)[C@@]1(F)O[C@@]([2H])(n2ccc(=O)[nH]c2=S)[C@H](O)[C@@H]1O.[2H][C@@]1(n2ccc(=O)[nH]c2=S)O[C@](F)(COP(=O)(O)O)[C@@H](O)[C@H]1O. The first-order valence-electron chi connectivity index (χ1n) is 25.5. The monoisotopic (exact) mass is 1440 g/mol. The molecule has 0 amide bonds. The van der Waals surface area contributed by atoms with Crippen molar-refractivity contribution < 1.29 is 161 Å². The molecule has 8 rings (SSSR count). The number of aromatic nitrogens is 8. The molecular formula is C36H48F4N8O32P4S4. The van der Waals surface area contributed by atoms with E-state index in [1.54, 1.807) is 0 Å². The number of halogens is 4. The Morgan fingerprint density at radius 3 is 0.989 bits per heavy atom. The van der Waals surface area contributed by atoms with Crippen LogP contribution in [0.2, 0.25) is 0 Å². The van der Waals surface area contributed by atoms with Crippen molar-refractivity contribution in [2.45, 2.75) is 97.1 Å². The summed E-state index contributed by atoms with van der Waals surface area (Å²) < 4.78 is 182. The summed E-state index contributed by atoms with van der Waals surface area (Å²) in [5.74, 6) is -14.3. The first-order valence-corrected chi connectivity index (χ1v) is 30.3. The quantitative estimate of drug-likeness (QED) is 0.0287. The molecule has 0 aliphatic carbocycles. The van der Waals surface area contributed by atoms with Crippen molar-refractivity contribution >= 4 is 80.2 Å². The van der Waals surface area contributed by atoms with E-state index in [2.05, 4.69) is 47.3 Å². The Hall–Kier alpha value is -3.92. The summed E-state index contributed by atoms with van der Waals surface area (Å²) >= 11 is 19.1. The molecule has 88 heavy (non-hydrogen) atoms. The van der Waals surface area contributed by atoms with E-state index >= 15 is 0 Å². The number of ether oxygens (including phenoxy) is 4. The maximum atomic E-state index is 14.9. The van der Waals surface area contributed by atoms with E-state index in [1.165, 1.54) is 0 Å². The van der Waals surface area contributed by atoms with Gasteiger partial charge in [0.1, 0.15) is 75.2 Å². The lowest BCUT2D eigenvalue weighted by molar-refractivity contribution is -0.204. The zero-order valence-electron chi connectivity index (χ0n) is 48.2. The lowest BCUT2D eigenvalue weighted by Gasteiger charge is -2.22. The summed E-state index contributed by atoms with van der Waals surface area (Å²) in [5.41, 5.74) is -2.48. The summed E-state index contributed by atoms with van der Waals surface area (Å²) in [5, 5.41) is 78.7. The number of phosphoric acid groups is 4. The summed E-state index contributed by atoms with van der Waals surface area (Å²) in [7, 11) is -21.2. The molecule has 4 fully saturated rings. The Balaban J connectivity index is 0.000000227. The molecule has 40 nitrogen and oxygen atoms in total. The average molecular weight is 1440 g/mol. The highest BCUT2D eigenvalue weighted by atomic mass is 32.1. The van der Waals surface area contributed by atoms with Gasteiger partial charge in [-0.2, -0.15) is 0 Å². The zero-order valence-corrected chi connectivity index (χ0v) is 49.1. The molecule has 0 radical (unpaired) electrons. The van der Waals surface area contributed by atoms with Crippen LogP contribution in [-0.2, 0) is 55.3 Å². The minimum atomic E-state index is -5.58. The van der Waals surface area contributed by atoms with Crippen LogP contribution < -0.4 is 22.2 Å². The average Bonchev–Trinajstić information content (AvgIpc) is 1.57. The van der Waals surface area contributed by atoms with E-state index in [0.29, 0.717) is 9.13 Å². The van der Waals surface area contributed by atoms with Gasteiger partial charge in [0.05, 0.1) is 8.22 Å². The second kappa shape index (κ2) is 28.5. The van der Waals surface area contributed by atoms with Crippen LogP contribution in [0.25, 0.3) is 0 Å². The second-order valence-electron chi connectivity index (χ2n) is 17.3. The topological polar surface area (TPSA) is 617 Å². The molecule has 0 saturated carbocycles. The second-order valence-corrected chi connectivity index (χ2v) is 23.7. The molecule has 16 atom stereocenters. The molecule has 8 heterocycles. The van der Waals surface area contributed by atoms with Gasteiger partial charge >= 0.3 is 31.3 Å². The van der Waals surface area contributed by atoms with E-state index in [4.69, 9.17) is 101 Å². The Morgan fingerprint density at radius 2 is 0.682 bits per heavy atom. The van der Waals surface area contributed by atoms with E-state index in [9.17, 15) is 95.9 Å². The normalized spacial score (nSPS) is 35.3. The number of nitrogens with zero attached hydrogens (tertiary/aromatic N) is 4. The molecule has 4 aromatic rings. The molecule has 0 bridgehead atoms. The van der Waals surface area contributed by atoms with Crippen molar-refractivity contribution in [3.05, 3.63) is 110 Å². The van der Waals surface area contributed by atoms with Crippen LogP contribution in [0.4, 0.5) is 17.6 Å². The standard InChI is InChI=1S/4C9H12FN2O8PS/c4*10-9(3-19-21(16,17)18)6(15)5(14)7(20-9)12-2-1-4(13)11-8(12)22/h4*1-2,5-7,14-15H,3H2,(H,11,13,22)(H2,16,17,18)/t4*5-,6+,7-,9-/m1111/s1/i3D2,7D;7D;3D2;. The fourth-order valence-corrected chi connectivity index (χ4v) is 9.18. The van der Waals surface area contributed by atoms with Gasteiger partial charge in [0, 0.05) is 49.1 Å². The maximum absolute atomic E-state index is 14.9. The molecule has 0 unspecified atom stereocenters. The Morgan fingerprint density at radius 1 is 0.443 bits per heavy atom. The van der Waals surface area contributed by atoms with E-state index in [1.807, 2.05) is 4.98 Å². The van der Waals surface area contributed by atoms with E-state index < -0.39 is 187 Å². The summed E-state index contributed by atoms with van der Waals surface area (Å²) in [6, 6.07) is 3.71. The van der Waals surface area contributed by atoms with Crippen molar-refractivity contribution in [2.75, 3.05) is 26.3 Å². The Bertz CT molecular complexity index is 4170. The number of H-pyrrole nitrogens is 4. The Kier molecular flexibility index (Phi) is 21.3. The molecule has 0 aromatic carbocycles. The van der Waals surface area contributed by atoms with Crippen LogP contribution in [0, 0.1) is 19.1 Å². The highest BCUT2D eigenvalue weighted by Crippen LogP contribution is 2.47. The predicted molar refractivity (Wildman–Crippen MR) is 279 cm³/mol. The maximum Gasteiger partial charge on any atom is 0.469 e. The minimum Gasteiger partial charge on any atom is -0.385 e. The van der Waals surface area contributed by atoms with E-state index in [0.717, 1.165) is 58.2 Å². The molecule has 4 aliphatic rings. The zero-order chi connectivity index (χ0) is 72.3. The lowest BCUT2D eigenvalue weighted by Crippen LogP contribution is -2.42. The van der Waals surface area contributed by atoms with Gasteiger partial charge in [0.2, 0.25) is 0 Å². The van der Waals surface area contributed by atoms with Gasteiger partial charge in [0.15, 0.2) is 43.9 Å². The number of hydrogen-bond donors (Lipinski definition) is 20. The number of aliphatic hydroxyl groups excluding tert-OH is 8. The van der Waals surface area contributed by atoms with Gasteiger partial charge in [-0.3, -0.25) is 75.5 Å². The highest BCUT2D eigenvalue weighted by Gasteiger charge is 2.60. The molecule has 52 heteroatoms. The third-order valence-corrected chi connectivity index (χ3v) is 13.8. The number of hydrogen-bond acceptors (Lipinski definition) is 28. The van der Waals surface area contributed by atoms with Crippen LogP contribution in [0.15, 0.2) is 68.2 Å². The summed E-state index contributed by atoms with van der Waals surface area (Å²) in [6.07, 6.45) is -23.7. The van der Waals surface area contributed by atoms with Crippen molar-refractivity contribution in [2.24, 2.45) is 0 Å². The number of nitrogens with one attached hydrogen (secondary N) is 4. The van der Waals surface area contributed by atoms with Crippen LogP contribution in [-0.4, -0.2) is 217 Å². The van der Waals surface area contributed by atoms with Gasteiger partial charge in [-0.05, 0) is 48.9 Å². The van der Waals surface area contributed by atoms with Gasteiger partial charge in [-0.25, -0.2) is 35.8 Å². The number of phosphoric ester groups is 4. The fourth-order valence-electron chi connectivity index (χ4n) is 6.97. The van der Waals surface area contributed by atoms with Gasteiger partial charge in [-0.1, -0.05) is 0 Å². The van der Waals surface area contributed by atoms with Crippen LogP contribution in [0.1, 0.15) is 33.1 Å². The first-order chi connectivity index (χ1) is 42.3. The highest BCUT2D eigenvalue weighted by molar-refractivity contribution is 7.71. The summed E-state index contributed by atoms with van der Waals surface area (Å²) in [4.78, 5) is 122. The number of rotatable bonds is 16. The number of alkyl halides is 4. The van der Waals surface area contributed by atoms with Gasteiger partial charge in [0.25, 0.3) is 45.7 Å². The van der Waals surface area contributed by atoms with E-state index in [-0.39, 0.29) is 9.54 Å². The number of aromatic amines is 4. The van der Waals surface area contributed by atoms with Crippen molar-refractivity contribution in [3.63, 3.8) is 0 Å². The smallest absolute Gasteiger partial charge is 0.385 e. The van der Waals surface area contributed by atoms with Crippen molar-refractivity contribution in [3.8, 4) is 0 Å². The predicted octanol–water partition coefficient (Wildman–Crippen LogP) is -4.27. The van der Waals surface area contributed by atoms with Crippen molar-refractivity contribution in [1.29, 1.82) is 0 Å². The van der Waals surface area contributed by atoms with Crippen molar-refractivity contribution in [1.82, 2.24) is 38.2 Å². The molecule has 496 valence electrons. The molecule has 0 spiro atoms. The van der Waals surface area contributed by atoms with Gasteiger partial charge in [-0.15, -0.1) is 0 Å². The molecule has 20 N–H and O–H groups in total. The summed E-state index contributed by atoms with van der Waals surface area (Å²) in [6.45, 7) is -10.6. The molecule has 4 aromatic heterocycles. The Labute approximate surface area is 510 Å². The van der Waals surface area contributed by atoms with Crippen LogP contribution >= 0.6 is 80.2 Å². The fraction of sp³-hybridized carbons (Fsp3) is 0.556. The largest absolute Gasteiger partial charge is 0.469 e. The molecule has 4 aliphatic heterocycles. The third-order valence-electron chi connectivity index (χ3n) is 11.0. The molecular weight excluding hydrogens is 1380 g/mol. The minimum absolute atomic E-state index is 0.205. The van der Waals surface area contributed by atoms with Gasteiger partial charge < -0.3 is 98.9 Å². The first kappa shape index (κ1) is 65.6. The third kappa shape index (κ3) is 19.1. The van der Waals surface area contributed by atoms with Crippen LogP contribution in [0.5, 0.6) is 0 Å². The number of aliphatic hydroxyl groups is 8.